The van der Waals surface area contributed by atoms with Crippen molar-refractivity contribution in [3.05, 3.63) is 64.4 Å². The molecule has 1 aliphatic rings. The van der Waals surface area contributed by atoms with Crippen molar-refractivity contribution < 1.29 is 13.6 Å². The molecule has 4 nitrogen and oxygen atoms in total. The summed E-state index contributed by atoms with van der Waals surface area (Å²) in [4.78, 5) is 19.7. The van der Waals surface area contributed by atoms with Crippen molar-refractivity contribution in [2.24, 2.45) is 5.92 Å². The average molecular weight is 446 g/mol. The van der Waals surface area contributed by atoms with Gasteiger partial charge in [-0.3, -0.25) is 4.79 Å². The van der Waals surface area contributed by atoms with Crippen LogP contribution in [-0.4, -0.2) is 26.9 Å². The summed E-state index contributed by atoms with van der Waals surface area (Å²) in [6.07, 6.45) is 4.44. The Hall–Kier alpha value is -2.47. The van der Waals surface area contributed by atoms with Crippen LogP contribution in [0.4, 0.5) is 8.78 Å². The summed E-state index contributed by atoms with van der Waals surface area (Å²) >= 11 is 6.27. The number of carbonyl (C=O) groups excluding carboxylic acids is 1. The number of nitrogens with zero attached hydrogens (tertiary/aromatic N) is 3. The second-order valence-corrected chi connectivity index (χ2v) is 9.11. The van der Waals surface area contributed by atoms with E-state index in [-0.39, 0.29) is 17.4 Å². The van der Waals surface area contributed by atoms with Crippen LogP contribution in [0, 0.1) is 17.6 Å². The lowest BCUT2D eigenvalue weighted by atomic mass is 10.1. The normalized spacial score (nSPS) is 14.6. The number of rotatable bonds is 6. The molecule has 1 heterocycles. The van der Waals surface area contributed by atoms with E-state index in [0.717, 1.165) is 54.7 Å². The van der Waals surface area contributed by atoms with Gasteiger partial charge in [0.25, 0.3) is 5.91 Å². The van der Waals surface area contributed by atoms with Crippen molar-refractivity contribution in [1.82, 2.24) is 14.5 Å². The van der Waals surface area contributed by atoms with E-state index in [1.54, 1.807) is 4.90 Å². The largest absolute Gasteiger partial charge is 0.331 e. The molecule has 0 atom stereocenters. The number of amides is 1. The highest BCUT2D eigenvalue weighted by Crippen LogP contribution is 2.35. The molecule has 0 aliphatic heterocycles. The Morgan fingerprint density at radius 1 is 1.16 bits per heavy atom. The fourth-order valence-corrected chi connectivity index (χ4v) is 4.61. The monoisotopic (exact) mass is 445 g/mol. The second kappa shape index (κ2) is 8.95. The molecule has 4 rings (SSSR count). The van der Waals surface area contributed by atoms with Crippen molar-refractivity contribution >= 4 is 28.5 Å². The molecule has 7 heteroatoms. The second-order valence-electron chi connectivity index (χ2n) is 8.68. The first-order valence-electron chi connectivity index (χ1n) is 10.7. The molecule has 3 aromatic rings. The summed E-state index contributed by atoms with van der Waals surface area (Å²) in [5.74, 6) is -1.33. The van der Waals surface area contributed by atoms with E-state index in [2.05, 4.69) is 4.57 Å². The van der Waals surface area contributed by atoms with Gasteiger partial charge in [0.05, 0.1) is 17.6 Å². The van der Waals surface area contributed by atoms with E-state index in [1.165, 1.54) is 6.07 Å². The van der Waals surface area contributed by atoms with Gasteiger partial charge in [0.1, 0.15) is 5.82 Å². The van der Waals surface area contributed by atoms with Crippen molar-refractivity contribution in [1.29, 1.82) is 0 Å². The zero-order chi connectivity index (χ0) is 22.1. The fraction of sp³-hybridized carbons (Fsp3) is 0.417. The Kier molecular flexibility index (Phi) is 6.28. The smallest absolute Gasteiger partial charge is 0.254 e. The van der Waals surface area contributed by atoms with Gasteiger partial charge in [-0.1, -0.05) is 38.3 Å². The lowest BCUT2D eigenvalue weighted by Gasteiger charge is -2.26. The number of hydrogen-bond donors (Lipinski definition) is 0. The van der Waals surface area contributed by atoms with Crippen molar-refractivity contribution in [2.75, 3.05) is 6.54 Å². The zero-order valence-electron chi connectivity index (χ0n) is 17.7. The van der Waals surface area contributed by atoms with Gasteiger partial charge in [-0.05, 0) is 55.2 Å². The highest BCUT2D eigenvalue weighted by atomic mass is 35.5. The molecule has 0 unspecified atom stereocenters. The molecule has 0 spiro atoms. The van der Waals surface area contributed by atoms with Gasteiger partial charge in [-0.25, -0.2) is 13.8 Å². The van der Waals surface area contributed by atoms with E-state index in [1.807, 2.05) is 32.0 Å². The van der Waals surface area contributed by atoms with Crippen LogP contribution in [0.3, 0.4) is 0 Å². The minimum Gasteiger partial charge on any atom is -0.331 e. The topological polar surface area (TPSA) is 38.1 Å². The van der Waals surface area contributed by atoms with Crippen LogP contribution in [0.5, 0.6) is 0 Å². The van der Waals surface area contributed by atoms with Crippen LogP contribution in [0.2, 0.25) is 5.02 Å². The van der Waals surface area contributed by atoms with E-state index < -0.39 is 11.6 Å². The van der Waals surface area contributed by atoms with Gasteiger partial charge in [0.2, 0.25) is 0 Å². The molecule has 0 radical (unpaired) electrons. The number of fused-ring (bicyclic) bond motifs is 1. The fourth-order valence-electron chi connectivity index (χ4n) is 4.44. The van der Waals surface area contributed by atoms with Gasteiger partial charge in [-0.2, -0.15) is 0 Å². The molecular weight excluding hydrogens is 420 g/mol. The molecule has 0 saturated heterocycles. The van der Waals surface area contributed by atoms with Gasteiger partial charge in [0, 0.05) is 23.2 Å². The molecule has 1 saturated carbocycles. The van der Waals surface area contributed by atoms with E-state index in [9.17, 15) is 13.6 Å². The van der Waals surface area contributed by atoms with E-state index in [4.69, 9.17) is 16.6 Å². The first kappa shape index (κ1) is 21.8. The molecule has 0 N–H and O–H groups in total. The van der Waals surface area contributed by atoms with E-state index >= 15 is 0 Å². The van der Waals surface area contributed by atoms with Crippen LogP contribution in [0.25, 0.3) is 11.0 Å². The Morgan fingerprint density at radius 2 is 1.90 bits per heavy atom. The Balaban J connectivity index is 1.73. The summed E-state index contributed by atoms with van der Waals surface area (Å²) in [5.41, 5.74) is 1.95. The van der Waals surface area contributed by atoms with Crippen LogP contribution in [-0.2, 0) is 6.54 Å². The third-order valence-corrected chi connectivity index (χ3v) is 6.02. The predicted octanol–water partition coefficient (Wildman–Crippen LogP) is 6.38. The molecular formula is C24H26ClF2N3O. The number of carbonyl (C=O) groups is 1. The van der Waals surface area contributed by atoms with Gasteiger partial charge >= 0.3 is 0 Å². The molecule has 1 fully saturated rings. The minimum atomic E-state index is -1.02. The first-order chi connectivity index (χ1) is 14.8. The maximum atomic E-state index is 13.8. The summed E-state index contributed by atoms with van der Waals surface area (Å²) in [7, 11) is 0. The summed E-state index contributed by atoms with van der Waals surface area (Å²) in [5, 5.41) is 0.648. The Morgan fingerprint density at radius 3 is 2.58 bits per heavy atom. The summed E-state index contributed by atoms with van der Waals surface area (Å²) < 4.78 is 29.4. The van der Waals surface area contributed by atoms with E-state index in [0.29, 0.717) is 24.2 Å². The predicted molar refractivity (Wildman–Crippen MR) is 118 cm³/mol. The van der Waals surface area contributed by atoms with Crippen LogP contribution < -0.4 is 0 Å². The lowest BCUT2D eigenvalue weighted by Crippen LogP contribution is -2.35. The quantitative estimate of drug-likeness (QED) is 0.441. The molecule has 2 aromatic carbocycles. The standard InChI is InChI=1S/C24H26ClF2N3O/c1-15(2)13-29(24(31)16-7-9-19(26)20(27)11-16)14-23-28-21-10-8-17(25)12-22(21)30(23)18-5-3-4-6-18/h7-12,15,18H,3-6,13-14H2,1-2H3. The summed E-state index contributed by atoms with van der Waals surface area (Å²) in [6.45, 7) is 4.81. The lowest BCUT2D eigenvalue weighted by molar-refractivity contribution is 0.0714. The van der Waals surface area contributed by atoms with Crippen molar-refractivity contribution in [3.8, 4) is 0 Å². The number of benzene rings is 2. The highest BCUT2D eigenvalue weighted by molar-refractivity contribution is 6.31. The van der Waals surface area contributed by atoms with Gasteiger partial charge in [-0.15, -0.1) is 0 Å². The summed E-state index contributed by atoms with van der Waals surface area (Å²) in [6, 6.07) is 9.24. The molecule has 31 heavy (non-hydrogen) atoms. The number of aromatic nitrogens is 2. The molecule has 1 aromatic heterocycles. The van der Waals surface area contributed by atoms with Crippen molar-refractivity contribution in [3.63, 3.8) is 0 Å². The Labute approximate surface area is 185 Å². The maximum absolute atomic E-state index is 13.8. The molecule has 1 amide bonds. The number of imidazole rings is 1. The van der Waals surface area contributed by atoms with Gasteiger partial charge < -0.3 is 9.47 Å². The SMILES string of the molecule is CC(C)CN(Cc1nc2ccc(Cl)cc2n1C1CCCC1)C(=O)c1ccc(F)c(F)c1. The molecule has 164 valence electrons. The third-order valence-electron chi connectivity index (χ3n) is 5.79. The van der Waals surface area contributed by atoms with Crippen LogP contribution in [0.15, 0.2) is 36.4 Å². The maximum Gasteiger partial charge on any atom is 0.254 e. The highest BCUT2D eigenvalue weighted by Gasteiger charge is 2.26. The van der Waals surface area contributed by atoms with Crippen LogP contribution >= 0.6 is 11.6 Å². The zero-order valence-corrected chi connectivity index (χ0v) is 18.5. The molecule has 1 aliphatic carbocycles. The first-order valence-corrected chi connectivity index (χ1v) is 11.1. The average Bonchev–Trinajstić information content (AvgIpc) is 3.35. The minimum absolute atomic E-state index is 0.131. The van der Waals surface area contributed by atoms with Crippen LogP contribution in [0.1, 0.15) is 61.8 Å². The molecule has 0 bridgehead atoms. The number of halogens is 3. The van der Waals surface area contributed by atoms with Crippen molar-refractivity contribution in [2.45, 2.75) is 52.1 Å². The van der Waals surface area contributed by atoms with Gasteiger partial charge in [0.15, 0.2) is 11.6 Å². The Bertz CT molecular complexity index is 1110. The number of hydrogen-bond acceptors (Lipinski definition) is 2. The third kappa shape index (κ3) is 4.59.